The molecular formula is C10H10ClNS. The summed E-state index contributed by atoms with van der Waals surface area (Å²) in [6.45, 7) is 0.542. The van der Waals surface area contributed by atoms with Crippen molar-refractivity contribution in [3.05, 3.63) is 35.9 Å². The molecule has 0 amide bonds. The average molecular weight is 212 g/mol. The number of benzene rings is 1. The number of halogens is 1. The molecule has 0 aliphatic rings. The molecule has 0 bridgehead atoms. The number of hydrogen-bond acceptors (Lipinski definition) is 2. The minimum atomic E-state index is 0.0119. The lowest BCUT2D eigenvalue weighted by molar-refractivity contribution is 0.847. The van der Waals surface area contributed by atoms with Crippen molar-refractivity contribution in [1.82, 2.24) is 0 Å². The Balaban J connectivity index is 2.45. The van der Waals surface area contributed by atoms with Crippen LogP contribution in [-0.4, -0.2) is 17.1 Å². The Morgan fingerprint density at radius 2 is 2.08 bits per heavy atom. The van der Waals surface area contributed by atoms with E-state index in [4.69, 9.17) is 11.6 Å². The number of alkyl halides is 1. The Hall–Kier alpha value is -0.690. The van der Waals surface area contributed by atoms with Crippen LogP contribution < -0.4 is 0 Å². The molecule has 0 N–H and O–H groups in total. The van der Waals surface area contributed by atoms with Gasteiger partial charge in [-0.1, -0.05) is 30.3 Å². The highest BCUT2D eigenvalue weighted by molar-refractivity contribution is 7.78. The summed E-state index contributed by atoms with van der Waals surface area (Å²) < 4.78 is 0. The molecule has 0 aliphatic heterocycles. The molecule has 0 fully saturated rings. The smallest absolute Gasteiger partial charge is 0.0660 e. The van der Waals surface area contributed by atoms with Gasteiger partial charge in [0.25, 0.3) is 0 Å². The number of rotatable bonds is 4. The predicted molar refractivity (Wildman–Crippen MR) is 59.7 cm³/mol. The largest absolute Gasteiger partial charge is 0.231 e. The second kappa shape index (κ2) is 5.87. The van der Waals surface area contributed by atoms with Gasteiger partial charge in [0.15, 0.2) is 0 Å². The zero-order valence-electron chi connectivity index (χ0n) is 7.11. The summed E-state index contributed by atoms with van der Waals surface area (Å²) in [5.74, 6) is 0. The molecule has 0 spiro atoms. The Kier molecular flexibility index (Phi) is 4.69. The van der Waals surface area contributed by atoms with E-state index in [0.717, 1.165) is 6.42 Å². The van der Waals surface area contributed by atoms with Gasteiger partial charge in [-0.2, -0.15) is 0 Å². The highest BCUT2D eigenvalue weighted by Gasteiger charge is 2.03. The van der Waals surface area contributed by atoms with E-state index in [-0.39, 0.29) is 5.38 Å². The van der Waals surface area contributed by atoms with Crippen LogP contribution in [0.4, 0.5) is 0 Å². The molecule has 0 aromatic heterocycles. The number of nitrogens with zero attached hydrogens (tertiary/aromatic N) is 1. The lowest BCUT2D eigenvalue weighted by atomic mass is 10.1. The highest BCUT2D eigenvalue weighted by Crippen LogP contribution is 2.07. The highest BCUT2D eigenvalue weighted by atomic mass is 35.5. The van der Waals surface area contributed by atoms with E-state index in [1.165, 1.54) is 5.56 Å². The molecule has 1 aromatic carbocycles. The zero-order chi connectivity index (χ0) is 9.52. The van der Waals surface area contributed by atoms with Crippen molar-refractivity contribution < 1.29 is 0 Å². The molecule has 0 saturated carbocycles. The summed E-state index contributed by atoms with van der Waals surface area (Å²) in [6, 6.07) is 10.1. The summed E-state index contributed by atoms with van der Waals surface area (Å²) in [5, 5.41) is 2.32. The van der Waals surface area contributed by atoms with Gasteiger partial charge in [-0.05, 0) is 24.2 Å². The van der Waals surface area contributed by atoms with Crippen LogP contribution >= 0.6 is 23.8 Å². The van der Waals surface area contributed by atoms with E-state index in [2.05, 4.69) is 34.5 Å². The molecule has 1 aromatic rings. The topological polar surface area (TPSA) is 12.4 Å². The first-order valence-corrected chi connectivity index (χ1v) is 4.89. The van der Waals surface area contributed by atoms with Crippen molar-refractivity contribution in [3.8, 4) is 0 Å². The van der Waals surface area contributed by atoms with E-state index in [9.17, 15) is 0 Å². The number of thiocarbonyl (C=S) groups is 1. The van der Waals surface area contributed by atoms with E-state index >= 15 is 0 Å². The summed E-state index contributed by atoms with van der Waals surface area (Å²) in [4.78, 5) is 3.80. The molecule has 0 radical (unpaired) electrons. The number of aliphatic imine (C=N–C) groups is 1. The van der Waals surface area contributed by atoms with Gasteiger partial charge in [-0.3, -0.25) is 0 Å². The fraction of sp³-hybridized carbons (Fsp3) is 0.300. The van der Waals surface area contributed by atoms with Crippen LogP contribution in [-0.2, 0) is 6.42 Å². The van der Waals surface area contributed by atoms with E-state index in [0.29, 0.717) is 6.54 Å². The molecule has 1 nitrogen and oxygen atoms in total. The molecular weight excluding hydrogens is 202 g/mol. The normalized spacial score (nSPS) is 11.8. The van der Waals surface area contributed by atoms with Gasteiger partial charge in [0, 0.05) is 0 Å². The van der Waals surface area contributed by atoms with E-state index in [1.807, 2.05) is 18.2 Å². The standard InChI is InChI=1S/C10H10ClNS/c11-10(7-12-8-13)6-9-4-2-1-3-5-9/h1-5,10H,6-7H2. The molecule has 1 rings (SSSR count). The van der Waals surface area contributed by atoms with Crippen LogP contribution in [0.2, 0.25) is 0 Å². The first kappa shape index (κ1) is 10.4. The molecule has 0 aliphatic carbocycles. The summed E-state index contributed by atoms with van der Waals surface area (Å²) in [5.41, 5.74) is 1.22. The van der Waals surface area contributed by atoms with Gasteiger partial charge in [0.2, 0.25) is 0 Å². The van der Waals surface area contributed by atoms with E-state index < -0.39 is 0 Å². The maximum Gasteiger partial charge on any atom is 0.0660 e. The fourth-order valence-electron chi connectivity index (χ4n) is 1.07. The Bertz CT molecular complexity index is 293. The van der Waals surface area contributed by atoms with Gasteiger partial charge in [-0.15, -0.1) is 11.6 Å². The second-order valence-corrected chi connectivity index (χ2v) is 3.52. The summed E-state index contributed by atoms with van der Waals surface area (Å²) in [7, 11) is 0. The SMILES string of the molecule is S=C=NCC(Cl)Cc1ccccc1. The Labute approximate surface area is 88.4 Å². The zero-order valence-corrected chi connectivity index (χ0v) is 8.68. The molecule has 1 unspecified atom stereocenters. The summed E-state index contributed by atoms with van der Waals surface area (Å²) in [6.07, 6.45) is 0.822. The molecule has 1 atom stereocenters. The average Bonchev–Trinajstić information content (AvgIpc) is 2.16. The van der Waals surface area contributed by atoms with Crippen molar-refractivity contribution in [3.63, 3.8) is 0 Å². The van der Waals surface area contributed by atoms with Crippen LogP contribution in [0.25, 0.3) is 0 Å². The minimum Gasteiger partial charge on any atom is -0.231 e. The van der Waals surface area contributed by atoms with Gasteiger partial charge in [0.05, 0.1) is 17.1 Å². The third-order valence-electron chi connectivity index (χ3n) is 1.65. The van der Waals surface area contributed by atoms with Crippen LogP contribution in [0.1, 0.15) is 5.56 Å². The van der Waals surface area contributed by atoms with Gasteiger partial charge in [0.1, 0.15) is 0 Å². The molecule has 13 heavy (non-hydrogen) atoms. The minimum absolute atomic E-state index is 0.0119. The maximum atomic E-state index is 6.01. The maximum absolute atomic E-state index is 6.01. The predicted octanol–water partition coefficient (Wildman–Crippen LogP) is 2.94. The third kappa shape index (κ3) is 4.18. The van der Waals surface area contributed by atoms with Crippen LogP contribution in [0.15, 0.2) is 35.3 Å². The van der Waals surface area contributed by atoms with Gasteiger partial charge in [-0.25, -0.2) is 4.99 Å². The molecule has 68 valence electrons. The Morgan fingerprint density at radius 3 is 2.69 bits per heavy atom. The van der Waals surface area contributed by atoms with Crippen molar-refractivity contribution in [2.24, 2.45) is 4.99 Å². The lowest BCUT2D eigenvalue weighted by Gasteiger charge is -2.04. The quantitative estimate of drug-likeness (QED) is 0.424. The number of isothiocyanates is 1. The van der Waals surface area contributed by atoms with E-state index in [1.54, 1.807) is 0 Å². The lowest BCUT2D eigenvalue weighted by Crippen LogP contribution is -2.06. The molecule has 0 heterocycles. The van der Waals surface area contributed by atoms with Gasteiger partial charge >= 0.3 is 0 Å². The van der Waals surface area contributed by atoms with Crippen molar-refractivity contribution >= 4 is 29.0 Å². The first-order valence-electron chi connectivity index (χ1n) is 4.04. The fourth-order valence-corrected chi connectivity index (χ4v) is 1.39. The monoisotopic (exact) mass is 211 g/mol. The second-order valence-electron chi connectivity index (χ2n) is 2.72. The molecule has 0 saturated heterocycles. The first-order chi connectivity index (χ1) is 6.33. The summed E-state index contributed by atoms with van der Waals surface area (Å²) >= 11 is 10.5. The van der Waals surface area contributed by atoms with Gasteiger partial charge < -0.3 is 0 Å². The van der Waals surface area contributed by atoms with Crippen LogP contribution in [0, 0.1) is 0 Å². The van der Waals surface area contributed by atoms with Crippen molar-refractivity contribution in [2.75, 3.05) is 6.54 Å². The van der Waals surface area contributed by atoms with Crippen molar-refractivity contribution in [1.29, 1.82) is 0 Å². The Morgan fingerprint density at radius 1 is 1.38 bits per heavy atom. The third-order valence-corrected chi connectivity index (χ3v) is 2.08. The van der Waals surface area contributed by atoms with Crippen LogP contribution in [0.3, 0.4) is 0 Å². The van der Waals surface area contributed by atoms with Crippen LogP contribution in [0.5, 0.6) is 0 Å². The van der Waals surface area contributed by atoms with Crippen molar-refractivity contribution in [2.45, 2.75) is 11.8 Å². The number of hydrogen-bond donors (Lipinski definition) is 0. The molecule has 3 heteroatoms.